The van der Waals surface area contributed by atoms with Crippen LogP contribution in [0.3, 0.4) is 0 Å². The minimum absolute atomic E-state index is 0.281. The minimum Gasteiger partial charge on any atom is -0.373 e. The number of hydrogen-bond donors (Lipinski definition) is 2. The van der Waals surface area contributed by atoms with Gasteiger partial charge in [0.25, 0.3) is 0 Å². The van der Waals surface area contributed by atoms with E-state index >= 15 is 0 Å². The van der Waals surface area contributed by atoms with Crippen LogP contribution in [0.25, 0.3) is 0 Å². The van der Waals surface area contributed by atoms with Crippen LogP contribution >= 0.6 is 15.6 Å². The fourth-order valence-electron chi connectivity index (χ4n) is 2.55. The normalized spacial score (nSPS) is 50.6. The molecule has 0 bridgehead atoms. The number of hydrogen-bond acceptors (Lipinski definition) is 8. The van der Waals surface area contributed by atoms with Crippen molar-refractivity contribution in [2.45, 2.75) is 37.3 Å². The molecule has 3 aliphatic heterocycles. The molecule has 0 amide bonds. The summed E-state index contributed by atoms with van der Waals surface area (Å²) in [5.74, 6) is 0. The van der Waals surface area contributed by atoms with Gasteiger partial charge in [0.05, 0.1) is 13.2 Å². The molecule has 3 saturated heterocycles. The van der Waals surface area contributed by atoms with E-state index in [2.05, 4.69) is 0 Å². The van der Waals surface area contributed by atoms with Crippen LogP contribution in [0.4, 0.5) is 0 Å². The largest absolute Gasteiger partial charge is 0.472 e. The van der Waals surface area contributed by atoms with Gasteiger partial charge in [-0.05, 0) is 0 Å². The van der Waals surface area contributed by atoms with E-state index in [9.17, 15) is 18.9 Å². The zero-order valence-corrected chi connectivity index (χ0v) is 13.4. The number of fused-ring (bicyclic) bond motifs is 2. The van der Waals surface area contributed by atoms with Gasteiger partial charge in [0.2, 0.25) is 0 Å². The monoisotopic (exact) mass is 360 g/mol. The van der Waals surface area contributed by atoms with Crippen molar-refractivity contribution in [2.75, 3.05) is 26.4 Å². The van der Waals surface area contributed by atoms with Crippen LogP contribution in [0.15, 0.2) is 0 Å². The average molecular weight is 360 g/mol. The summed E-state index contributed by atoms with van der Waals surface area (Å²) in [5.41, 5.74) is 0. The molecule has 3 heterocycles. The van der Waals surface area contributed by atoms with Gasteiger partial charge < -0.3 is 19.3 Å². The summed E-state index contributed by atoms with van der Waals surface area (Å²) >= 11 is 0. The van der Waals surface area contributed by atoms with E-state index in [0.29, 0.717) is 12.8 Å². The molecule has 3 rings (SSSR count). The fraction of sp³-hybridized carbons (Fsp3) is 1.00. The van der Waals surface area contributed by atoms with Crippen LogP contribution in [0.5, 0.6) is 0 Å². The molecule has 0 aliphatic carbocycles. The molecule has 2 N–H and O–H groups in total. The second-order valence-electron chi connectivity index (χ2n) is 5.21. The summed E-state index contributed by atoms with van der Waals surface area (Å²) in [4.78, 5) is 19.5. The van der Waals surface area contributed by atoms with Gasteiger partial charge in [0.15, 0.2) is 0 Å². The van der Waals surface area contributed by atoms with Crippen molar-refractivity contribution in [3.63, 3.8) is 0 Å². The lowest BCUT2D eigenvalue weighted by molar-refractivity contribution is -0.0361. The van der Waals surface area contributed by atoms with Gasteiger partial charge in [0.1, 0.15) is 24.4 Å². The number of phosphoric acid groups is 2. The quantitative estimate of drug-likeness (QED) is 0.592. The molecule has 3 aliphatic rings. The number of rotatable bonds is 0. The first-order valence-electron chi connectivity index (χ1n) is 6.89. The van der Waals surface area contributed by atoms with Crippen molar-refractivity contribution in [3.8, 4) is 0 Å². The first-order valence-corrected chi connectivity index (χ1v) is 9.88. The van der Waals surface area contributed by atoms with E-state index in [1.165, 1.54) is 0 Å². The summed E-state index contributed by atoms with van der Waals surface area (Å²) < 4.78 is 54.4. The highest BCUT2D eigenvalue weighted by molar-refractivity contribution is 7.47. The highest BCUT2D eigenvalue weighted by atomic mass is 31.2. The van der Waals surface area contributed by atoms with Gasteiger partial charge in [-0.2, -0.15) is 0 Å². The van der Waals surface area contributed by atoms with Crippen molar-refractivity contribution < 1.29 is 46.5 Å². The summed E-state index contributed by atoms with van der Waals surface area (Å²) in [6.07, 6.45) is -2.33. The van der Waals surface area contributed by atoms with Gasteiger partial charge in [-0.15, -0.1) is 0 Å². The van der Waals surface area contributed by atoms with E-state index in [1.807, 2.05) is 0 Å². The van der Waals surface area contributed by atoms with Gasteiger partial charge in [0, 0.05) is 26.1 Å². The van der Waals surface area contributed by atoms with Crippen molar-refractivity contribution in [1.29, 1.82) is 0 Å². The van der Waals surface area contributed by atoms with Crippen LogP contribution in [-0.2, 0) is 36.7 Å². The van der Waals surface area contributed by atoms with Crippen LogP contribution in [0.2, 0.25) is 0 Å². The molecule has 22 heavy (non-hydrogen) atoms. The average Bonchev–Trinajstić information content (AvgIpc) is 3.02. The van der Waals surface area contributed by atoms with Crippen LogP contribution < -0.4 is 0 Å². The minimum atomic E-state index is -4.29. The van der Waals surface area contributed by atoms with Crippen LogP contribution in [0.1, 0.15) is 12.8 Å². The van der Waals surface area contributed by atoms with Gasteiger partial charge in [-0.3, -0.25) is 18.1 Å². The SMILES string of the molecule is O=P1(O)OC[C@H]2OCC[C@@H]2OP(=O)(O)OC[C@H]2OCC[C@@H]2O1. The molecule has 6 atom stereocenters. The van der Waals surface area contributed by atoms with Crippen molar-refractivity contribution in [2.24, 2.45) is 0 Å². The lowest BCUT2D eigenvalue weighted by atomic mass is 10.2. The van der Waals surface area contributed by atoms with E-state index in [4.69, 9.17) is 27.6 Å². The third-order valence-corrected chi connectivity index (χ3v) is 5.66. The summed E-state index contributed by atoms with van der Waals surface area (Å²) in [5, 5.41) is 0. The molecule has 0 saturated carbocycles. The summed E-state index contributed by atoms with van der Waals surface area (Å²) in [7, 11) is -8.59. The summed E-state index contributed by atoms with van der Waals surface area (Å²) in [6, 6.07) is 0. The Morgan fingerprint density at radius 2 is 1.14 bits per heavy atom. The van der Waals surface area contributed by atoms with E-state index < -0.39 is 40.1 Å². The van der Waals surface area contributed by atoms with Gasteiger partial charge in [-0.25, -0.2) is 9.13 Å². The Balaban J connectivity index is 1.77. The zero-order chi connectivity index (χ0) is 15.8. The second kappa shape index (κ2) is 6.57. The molecule has 0 aromatic heterocycles. The maximum absolute atomic E-state index is 11.9. The first kappa shape index (κ1) is 17.0. The summed E-state index contributed by atoms with van der Waals surface area (Å²) in [6.45, 7) is -0.0271. The Morgan fingerprint density at radius 3 is 1.55 bits per heavy atom. The molecule has 0 radical (unpaired) electrons. The standard InChI is InChI=1S/C10H18O10P2/c11-21(12)18-6-10-8(2-4-16-10)20-22(13,14)17-5-9-7(19-21)1-3-15-9/h7-10H,1-6H2,(H,11,12)(H,13,14)/t7-,8-,9+,10+/m0/s1. The van der Waals surface area contributed by atoms with Gasteiger partial charge >= 0.3 is 15.6 Å². The predicted molar refractivity (Wildman–Crippen MR) is 70.0 cm³/mol. The van der Waals surface area contributed by atoms with Crippen molar-refractivity contribution in [3.05, 3.63) is 0 Å². The highest BCUT2D eigenvalue weighted by Gasteiger charge is 2.42. The second-order valence-corrected chi connectivity index (χ2v) is 8.02. The molecular weight excluding hydrogens is 342 g/mol. The molecule has 0 spiro atoms. The molecular formula is C10H18O10P2. The van der Waals surface area contributed by atoms with Crippen LogP contribution in [-0.4, -0.2) is 60.6 Å². The lowest BCUT2D eigenvalue weighted by Crippen LogP contribution is -2.32. The Bertz CT molecular complexity index is 454. The van der Waals surface area contributed by atoms with Crippen LogP contribution in [0, 0.1) is 0 Å². The van der Waals surface area contributed by atoms with E-state index in [0.717, 1.165) is 0 Å². The molecule has 0 aromatic carbocycles. The van der Waals surface area contributed by atoms with E-state index in [1.54, 1.807) is 0 Å². The van der Waals surface area contributed by atoms with Crippen molar-refractivity contribution in [1.82, 2.24) is 0 Å². The topological polar surface area (TPSA) is 130 Å². The third kappa shape index (κ3) is 4.15. The molecule has 10 nitrogen and oxygen atoms in total. The fourth-order valence-corrected chi connectivity index (χ4v) is 4.51. The molecule has 2 unspecified atom stereocenters. The van der Waals surface area contributed by atoms with E-state index in [-0.39, 0.29) is 26.4 Å². The maximum Gasteiger partial charge on any atom is 0.472 e. The Kier molecular flexibility index (Phi) is 5.07. The highest BCUT2D eigenvalue weighted by Crippen LogP contribution is 2.51. The lowest BCUT2D eigenvalue weighted by Gasteiger charge is -2.26. The Hall–Kier alpha value is 0.140. The Morgan fingerprint density at radius 1 is 0.727 bits per heavy atom. The molecule has 0 aromatic rings. The smallest absolute Gasteiger partial charge is 0.373 e. The third-order valence-electron chi connectivity index (χ3n) is 3.64. The van der Waals surface area contributed by atoms with Gasteiger partial charge in [-0.1, -0.05) is 0 Å². The Labute approximate surface area is 126 Å². The van der Waals surface area contributed by atoms with Crippen molar-refractivity contribution >= 4 is 15.6 Å². The first-order chi connectivity index (χ1) is 10.3. The maximum atomic E-state index is 11.9. The molecule has 3 fully saturated rings. The predicted octanol–water partition coefficient (Wildman–Crippen LogP) is 0.582. The zero-order valence-electron chi connectivity index (χ0n) is 11.6. The number of phosphoric ester groups is 2. The molecule has 12 heteroatoms. The molecule has 128 valence electrons. The number of ether oxygens (including phenoxy) is 2.